The minimum Gasteiger partial charge on any atom is -0.364 e. The fraction of sp³-hybridized carbons (Fsp3) is 0.500. The van der Waals surface area contributed by atoms with Crippen LogP contribution < -0.4 is 5.32 Å². The number of hydrogen-bond donors (Lipinski definition) is 1. The van der Waals surface area contributed by atoms with Gasteiger partial charge in [-0.1, -0.05) is 19.0 Å². The number of rotatable bonds is 3. The summed E-state index contributed by atoms with van der Waals surface area (Å²) in [6, 6.07) is 0. The van der Waals surface area contributed by atoms with E-state index in [0.717, 1.165) is 5.56 Å². The molecule has 12 heavy (non-hydrogen) atoms. The van der Waals surface area contributed by atoms with Crippen LogP contribution in [0.15, 0.2) is 17.0 Å². The predicted molar refractivity (Wildman–Crippen MR) is 43.2 cm³/mol. The van der Waals surface area contributed by atoms with Crippen molar-refractivity contribution in [2.75, 3.05) is 0 Å². The molecule has 0 saturated carbocycles. The lowest BCUT2D eigenvalue weighted by molar-refractivity contribution is -0.124. The number of amides is 1. The van der Waals surface area contributed by atoms with Gasteiger partial charge in [0.05, 0.1) is 6.20 Å². The first-order valence-corrected chi connectivity index (χ1v) is 3.86. The van der Waals surface area contributed by atoms with Gasteiger partial charge in [-0.2, -0.15) is 0 Å². The molecule has 0 radical (unpaired) electrons. The van der Waals surface area contributed by atoms with Gasteiger partial charge in [-0.05, 0) is 0 Å². The van der Waals surface area contributed by atoms with Gasteiger partial charge in [0.1, 0.15) is 6.26 Å². The molecule has 0 bridgehead atoms. The van der Waals surface area contributed by atoms with E-state index in [9.17, 15) is 4.79 Å². The molecule has 0 saturated heterocycles. The third kappa shape index (κ3) is 2.38. The molecule has 0 fully saturated rings. The van der Waals surface area contributed by atoms with Crippen LogP contribution in [0.4, 0.5) is 0 Å². The van der Waals surface area contributed by atoms with Gasteiger partial charge in [-0.25, -0.2) is 0 Å². The van der Waals surface area contributed by atoms with E-state index in [1.165, 1.54) is 6.26 Å². The maximum atomic E-state index is 11.1. The number of nitrogens with one attached hydrogen (secondary N) is 1. The molecule has 0 aliphatic rings. The summed E-state index contributed by atoms with van der Waals surface area (Å²) in [5.74, 6) is 0.0565. The van der Waals surface area contributed by atoms with E-state index < -0.39 is 0 Å². The zero-order valence-corrected chi connectivity index (χ0v) is 7.20. The first kappa shape index (κ1) is 8.77. The van der Waals surface area contributed by atoms with E-state index in [-0.39, 0.29) is 11.8 Å². The Bertz CT molecular complexity index is 242. The highest BCUT2D eigenvalue weighted by molar-refractivity contribution is 5.77. The first-order valence-electron chi connectivity index (χ1n) is 3.86. The summed E-state index contributed by atoms with van der Waals surface area (Å²) < 4.78 is 4.61. The van der Waals surface area contributed by atoms with Gasteiger partial charge >= 0.3 is 0 Å². The Hall–Kier alpha value is -1.32. The van der Waals surface area contributed by atoms with Crippen LogP contribution in [0.5, 0.6) is 0 Å². The smallest absolute Gasteiger partial charge is 0.222 e. The Morgan fingerprint density at radius 2 is 2.50 bits per heavy atom. The summed E-state index contributed by atoms with van der Waals surface area (Å²) in [4.78, 5) is 11.1. The molecule has 0 aliphatic carbocycles. The second-order valence-corrected chi connectivity index (χ2v) is 2.91. The van der Waals surface area contributed by atoms with Crippen LogP contribution >= 0.6 is 0 Å². The molecule has 0 aliphatic heterocycles. The Labute approximate surface area is 70.9 Å². The highest BCUT2D eigenvalue weighted by Crippen LogP contribution is 1.97. The molecule has 1 rings (SSSR count). The number of aromatic nitrogens is 1. The summed E-state index contributed by atoms with van der Waals surface area (Å²) in [5, 5.41) is 6.26. The van der Waals surface area contributed by atoms with E-state index in [4.69, 9.17) is 0 Å². The maximum absolute atomic E-state index is 11.1. The summed E-state index contributed by atoms with van der Waals surface area (Å²) in [7, 11) is 0. The molecule has 1 amide bonds. The summed E-state index contributed by atoms with van der Waals surface area (Å²) >= 11 is 0. The van der Waals surface area contributed by atoms with Crippen LogP contribution in [0.2, 0.25) is 0 Å². The highest BCUT2D eigenvalue weighted by atomic mass is 16.5. The van der Waals surface area contributed by atoms with E-state index in [1.54, 1.807) is 6.20 Å². The van der Waals surface area contributed by atoms with Crippen molar-refractivity contribution in [1.29, 1.82) is 0 Å². The fourth-order valence-electron chi connectivity index (χ4n) is 0.707. The average molecular weight is 168 g/mol. The molecule has 1 N–H and O–H groups in total. The Kier molecular flexibility index (Phi) is 2.85. The third-order valence-electron chi connectivity index (χ3n) is 1.47. The van der Waals surface area contributed by atoms with Crippen LogP contribution in [-0.4, -0.2) is 11.1 Å². The van der Waals surface area contributed by atoms with Crippen molar-refractivity contribution < 1.29 is 9.32 Å². The fourth-order valence-corrected chi connectivity index (χ4v) is 0.707. The molecule has 1 aromatic heterocycles. The maximum Gasteiger partial charge on any atom is 0.222 e. The van der Waals surface area contributed by atoms with Crippen molar-refractivity contribution in [3.8, 4) is 0 Å². The van der Waals surface area contributed by atoms with Crippen molar-refractivity contribution in [3.63, 3.8) is 0 Å². The lowest BCUT2D eigenvalue weighted by atomic mass is 10.2. The minimum absolute atomic E-state index is 0.0184. The topological polar surface area (TPSA) is 55.1 Å². The third-order valence-corrected chi connectivity index (χ3v) is 1.47. The summed E-state index contributed by atoms with van der Waals surface area (Å²) in [5.41, 5.74) is 0.879. The van der Waals surface area contributed by atoms with Crippen LogP contribution in [0, 0.1) is 5.92 Å². The minimum atomic E-state index is 0.0184. The number of hydrogen-bond acceptors (Lipinski definition) is 3. The predicted octanol–water partition coefficient (Wildman–Crippen LogP) is 0.947. The van der Waals surface area contributed by atoms with Gasteiger partial charge in [0.15, 0.2) is 0 Å². The molecular formula is C8H12N2O2. The van der Waals surface area contributed by atoms with Crippen molar-refractivity contribution >= 4 is 5.91 Å². The lowest BCUT2D eigenvalue weighted by Gasteiger charge is -2.04. The highest BCUT2D eigenvalue weighted by Gasteiger charge is 2.05. The van der Waals surface area contributed by atoms with Gasteiger partial charge in [0.25, 0.3) is 0 Å². The summed E-state index contributed by atoms with van der Waals surface area (Å²) in [6.07, 6.45) is 3.10. The van der Waals surface area contributed by atoms with Crippen LogP contribution in [0.1, 0.15) is 19.4 Å². The van der Waals surface area contributed by atoms with E-state index in [1.807, 2.05) is 13.8 Å². The van der Waals surface area contributed by atoms with Gasteiger partial charge in [0.2, 0.25) is 5.91 Å². The standard InChI is InChI=1S/C8H12N2O2/c1-6(2)8(11)9-3-7-4-10-12-5-7/h4-6H,3H2,1-2H3,(H,9,11). The molecule has 0 unspecified atom stereocenters. The van der Waals surface area contributed by atoms with Crippen molar-refractivity contribution in [2.45, 2.75) is 20.4 Å². The Morgan fingerprint density at radius 1 is 1.75 bits per heavy atom. The van der Waals surface area contributed by atoms with Crippen molar-refractivity contribution in [2.24, 2.45) is 5.92 Å². The van der Waals surface area contributed by atoms with E-state index >= 15 is 0 Å². The Balaban J connectivity index is 2.32. The second kappa shape index (κ2) is 3.90. The lowest BCUT2D eigenvalue weighted by Crippen LogP contribution is -2.26. The molecule has 0 aromatic carbocycles. The molecule has 1 heterocycles. The first-order chi connectivity index (χ1) is 5.70. The van der Waals surface area contributed by atoms with Gasteiger partial charge < -0.3 is 9.84 Å². The molecule has 0 atom stereocenters. The monoisotopic (exact) mass is 168 g/mol. The quantitative estimate of drug-likeness (QED) is 0.731. The SMILES string of the molecule is CC(C)C(=O)NCc1cnoc1. The van der Waals surface area contributed by atoms with E-state index in [2.05, 4.69) is 15.0 Å². The largest absolute Gasteiger partial charge is 0.364 e. The van der Waals surface area contributed by atoms with Crippen molar-refractivity contribution in [1.82, 2.24) is 10.5 Å². The number of carbonyl (C=O) groups excluding carboxylic acids is 1. The molecule has 4 nitrogen and oxygen atoms in total. The van der Waals surface area contributed by atoms with Crippen molar-refractivity contribution in [3.05, 3.63) is 18.0 Å². The second-order valence-electron chi connectivity index (χ2n) is 2.91. The molecule has 4 heteroatoms. The normalized spacial score (nSPS) is 10.2. The summed E-state index contributed by atoms with van der Waals surface area (Å²) in [6.45, 7) is 4.19. The number of nitrogens with zero attached hydrogens (tertiary/aromatic N) is 1. The van der Waals surface area contributed by atoms with Gasteiger partial charge in [0, 0.05) is 18.0 Å². The zero-order valence-electron chi connectivity index (χ0n) is 7.20. The zero-order chi connectivity index (χ0) is 8.97. The van der Waals surface area contributed by atoms with Crippen LogP contribution in [0.25, 0.3) is 0 Å². The average Bonchev–Trinajstić information content (AvgIpc) is 2.51. The number of carbonyl (C=O) groups is 1. The van der Waals surface area contributed by atoms with E-state index in [0.29, 0.717) is 6.54 Å². The molecule has 0 spiro atoms. The molecular weight excluding hydrogens is 156 g/mol. The molecule has 66 valence electrons. The molecule has 1 aromatic rings. The van der Waals surface area contributed by atoms with Gasteiger partial charge in [-0.15, -0.1) is 0 Å². The van der Waals surface area contributed by atoms with Gasteiger partial charge in [-0.3, -0.25) is 4.79 Å². The van der Waals surface area contributed by atoms with Crippen LogP contribution in [-0.2, 0) is 11.3 Å². The Morgan fingerprint density at radius 3 is 3.00 bits per heavy atom. The van der Waals surface area contributed by atoms with Crippen LogP contribution in [0.3, 0.4) is 0 Å².